The minimum Gasteiger partial charge on any atom is -0.354 e. The molecular weight excluding hydrogens is 706 g/mol. The number of rotatable bonds is 14. The van der Waals surface area contributed by atoms with E-state index in [0.29, 0.717) is 64.3 Å². The number of nitrogens with one attached hydrogen (secondary N) is 2. The van der Waals surface area contributed by atoms with E-state index in [4.69, 9.17) is 28.8 Å². The molecule has 1 atom stereocenters. The van der Waals surface area contributed by atoms with Gasteiger partial charge in [-0.3, -0.25) is 9.69 Å². The van der Waals surface area contributed by atoms with Gasteiger partial charge in [0.05, 0.1) is 4.90 Å². The standard InChI is InChI=1S/C33H49ClF2N10O4S/c34-29-19-24(33(35,36)23-1-3-26(4-2-23)41-32(48)40-11-14-43(12-9-37)13-10-38)20-30(42-29)44-15-17-45(18-16-44)51(49,50)28-7-5-27(6-8-28)46-22-25(39)21-31(46)47/h5-8,19-20,23,25-26H,1-4,9-18,21-22,37-39H2,(H2,40,41,48)/t23?,25-,26?/m1/s1. The molecule has 1 aromatic carbocycles. The van der Waals surface area contributed by atoms with Gasteiger partial charge >= 0.3 is 6.03 Å². The van der Waals surface area contributed by atoms with Gasteiger partial charge in [-0.05, 0) is 62.1 Å². The number of sulfonamides is 1. The van der Waals surface area contributed by atoms with Crippen molar-refractivity contribution in [3.05, 3.63) is 47.1 Å². The van der Waals surface area contributed by atoms with Crippen LogP contribution in [0, 0.1) is 5.92 Å². The molecule has 2 aliphatic heterocycles. The number of hydrogen-bond donors (Lipinski definition) is 5. The van der Waals surface area contributed by atoms with E-state index >= 15 is 8.78 Å². The van der Waals surface area contributed by atoms with Gasteiger partial charge in [0.15, 0.2) is 0 Å². The highest BCUT2D eigenvalue weighted by atomic mass is 35.5. The Morgan fingerprint density at radius 2 is 1.65 bits per heavy atom. The molecular formula is C33H49ClF2N10O4S. The second-order valence-electron chi connectivity index (χ2n) is 13.4. The van der Waals surface area contributed by atoms with Crippen LogP contribution in [0.4, 0.5) is 25.1 Å². The molecule has 18 heteroatoms. The van der Waals surface area contributed by atoms with E-state index in [0.717, 1.165) is 0 Å². The SMILES string of the molecule is NCCN(CCN)CCNC(=O)NC1CCC(C(F)(F)c2cc(Cl)nc(N3CCN(S(=O)(=O)c4ccc(N5C[C@H](N)CC5=O)cc4)CC3)c2)CC1. The van der Waals surface area contributed by atoms with Crippen molar-refractivity contribution in [2.75, 3.05) is 81.8 Å². The lowest BCUT2D eigenvalue weighted by molar-refractivity contribution is -0.117. The van der Waals surface area contributed by atoms with Crippen molar-refractivity contribution in [1.29, 1.82) is 0 Å². The summed E-state index contributed by atoms with van der Waals surface area (Å²) in [6.07, 6.45) is 1.50. The molecule has 282 valence electrons. The molecule has 1 saturated carbocycles. The zero-order valence-electron chi connectivity index (χ0n) is 28.7. The number of piperazine rings is 1. The summed E-state index contributed by atoms with van der Waals surface area (Å²) in [6, 6.07) is 7.88. The number of hydrogen-bond acceptors (Lipinski definition) is 10. The molecule has 1 aromatic heterocycles. The Morgan fingerprint density at radius 1 is 1.00 bits per heavy atom. The number of aromatic nitrogens is 1. The number of halogens is 3. The monoisotopic (exact) mass is 754 g/mol. The summed E-state index contributed by atoms with van der Waals surface area (Å²) in [7, 11) is -3.84. The quantitative estimate of drug-likeness (QED) is 0.176. The highest BCUT2D eigenvalue weighted by molar-refractivity contribution is 7.89. The van der Waals surface area contributed by atoms with Gasteiger partial charge in [-0.15, -0.1) is 0 Å². The smallest absolute Gasteiger partial charge is 0.315 e. The Morgan fingerprint density at radius 3 is 2.24 bits per heavy atom. The Kier molecular flexibility index (Phi) is 13.1. The van der Waals surface area contributed by atoms with Crippen molar-refractivity contribution < 1.29 is 26.8 Å². The predicted octanol–water partition coefficient (Wildman–Crippen LogP) is 1.48. The average Bonchev–Trinajstić information content (AvgIpc) is 3.45. The van der Waals surface area contributed by atoms with Crippen molar-refractivity contribution >= 4 is 45.1 Å². The first-order valence-corrected chi connectivity index (χ1v) is 19.3. The molecule has 8 N–H and O–H groups in total. The van der Waals surface area contributed by atoms with Crippen LogP contribution in [0.5, 0.6) is 0 Å². The summed E-state index contributed by atoms with van der Waals surface area (Å²) in [6.45, 7) is 4.46. The molecule has 2 saturated heterocycles. The molecule has 0 radical (unpaired) electrons. The number of carbonyl (C=O) groups is 2. The third kappa shape index (κ3) is 9.63. The van der Waals surface area contributed by atoms with Gasteiger partial charge in [0.1, 0.15) is 11.0 Å². The highest BCUT2D eigenvalue weighted by Gasteiger charge is 2.44. The molecule has 3 aliphatic rings. The van der Waals surface area contributed by atoms with E-state index < -0.39 is 21.9 Å². The van der Waals surface area contributed by atoms with Crippen molar-refractivity contribution in [3.8, 4) is 0 Å². The average molecular weight is 755 g/mol. The zero-order chi connectivity index (χ0) is 36.8. The maximum Gasteiger partial charge on any atom is 0.315 e. The Labute approximate surface area is 303 Å². The van der Waals surface area contributed by atoms with Gasteiger partial charge in [0, 0.05) is 108 Å². The first kappa shape index (κ1) is 39.0. The summed E-state index contributed by atoms with van der Waals surface area (Å²) in [5.41, 5.74) is 17.5. The lowest BCUT2D eigenvalue weighted by Gasteiger charge is -2.36. The van der Waals surface area contributed by atoms with Crippen LogP contribution in [0.3, 0.4) is 0 Å². The van der Waals surface area contributed by atoms with Crippen molar-refractivity contribution in [2.45, 2.75) is 55.0 Å². The molecule has 3 amide bonds. The van der Waals surface area contributed by atoms with Gasteiger partial charge in [0.25, 0.3) is 5.92 Å². The highest BCUT2D eigenvalue weighted by Crippen LogP contribution is 2.45. The number of anilines is 2. The molecule has 3 heterocycles. The van der Waals surface area contributed by atoms with Crippen LogP contribution in [-0.4, -0.2) is 119 Å². The largest absolute Gasteiger partial charge is 0.354 e. The first-order valence-electron chi connectivity index (χ1n) is 17.5. The fourth-order valence-electron chi connectivity index (χ4n) is 7.03. The summed E-state index contributed by atoms with van der Waals surface area (Å²) in [5.74, 6) is -3.98. The van der Waals surface area contributed by atoms with E-state index in [-0.39, 0.29) is 90.9 Å². The first-order chi connectivity index (χ1) is 24.3. The van der Waals surface area contributed by atoms with E-state index in [9.17, 15) is 18.0 Å². The van der Waals surface area contributed by atoms with E-state index in [2.05, 4.69) is 20.5 Å². The molecule has 1 aliphatic carbocycles. The molecule has 51 heavy (non-hydrogen) atoms. The minimum atomic E-state index is -3.84. The van der Waals surface area contributed by atoms with Crippen LogP contribution in [0.1, 0.15) is 37.7 Å². The van der Waals surface area contributed by atoms with Crippen LogP contribution in [-0.2, 0) is 20.7 Å². The van der Waals surface area contributed by atoms with Crippen LogP contribution in [0.2, 0.25) is 5.15 Å². The number of carbonyl (C=O) groups excluding carboxylic acids is 2. The second kappa shape index (κ2) is 17.1. The maximum atomic E-state index is 16.0. The number of benzene rings is 1. The molecule has 3 fully saturated rings. The van der Waals surface area contributed by atoms with Gasteiger partial charge < -0.3 is 37.6 Å². The number of nitrogens with two attached hydrogens (primary N) is 3. The van der Waals surface area contributed by atoms with Crippen LogP contribution >= 0.6 is 11.6 Å². The number of pyridine rings is 1. The molecule has 0 spiro atoms. The zero-order valence-corrected chi connectivity index (χ0v) is 30.2. The normalized spacial score (nSPS) is 22.1. The third-order valence-electron chi connectivity index (χ3n) is 9.85. The molecule has 5 rings (SSSR count). The molecule has 0 unspecified atom stereocenters. The van der Waals surface area contributed by atoms with Gasteiger partial charge in [-0.1, -0.05) is 11.6 Å². The van der Waals surface area contributed by atoms with Crippen LogP contribution < -0.4 is 37.6 Å². The number of alkyl halides is 2. The van der Waals surface area contributed by atoms with Crippen molar-refractivity contribution in [3.63, 3.8) is 0 Å². The number of nitrogens with zero attached hydrogens (tertiary/aromatic N) is 5. The third-order valence-corrected chi connectivity index (χ3v) is 12.0. The Balaban J connectivity index is 1.13. The second-order valence-corrected chi connectivity index (χ2v) is 15.7. The fourth-order valence-corrected chi connectivity index (χ4v) is 8.65. The summed E-state index contributed by atoms with van der Waals surface area (Å²) in [4.78, 5) is 34.4. The summed E-state index contributed by atoms with van der Waals surface area (Å²) in [5, 5.41) is 5.66. The van der Waals surface area contributed by atoms with Gasteiger partial charge in [-0.25, -0.2) is 27.0 Å². The van der Waals surface area contributed by atoms with E-state index in [1.54, 1.807) is 21.9 Å². The lowest BCUT2D eigenvalue weighted by Crippen LogP contribution is -2.49. The van der Waals surface area contributed by atoms with Crippen LogP contribution in [0.15, 0.2) is 41.3 Å². The maximum absolute atomic E-state index is 16.0. The lowest BCUT2D eigenvalue weighted by atomic mass is 9.80. The topological polar surface area (TPSA) is 196 Å². The Bertz CT molecular complexity index is 1600. The molecule has 14 nitrogen and oxygen atoms in total. The van der Waals surface area contributed by atoms with E-state index in [1.807, 2.05) is 0 Å². The number of urea groups is 1. The summed E-state index contributed by atoms with van der Waals surface area (Å²) >= 11 is 6.27. The van der Waals surface area contributed by atoms with Crippen LogP contribution in [0.25, 0.3) is 0 Å². The summed E-state index contributed by atoms with van der Waals surface area (Å²) < 4.78 is 60.1. The van der Waals surface area contributed by atoms with E-state index in [1.165, 1.54) is 28.6 Å². The van der Waals surface area contributed by atoms with Gasteiger partial charge in [0.2, 0.25) is 15.9 Å². The predicted molar refractivity (Wildman–Crippen MR) is 192 cm³/mol. The minimum absolute atomic E-state index is 0.0710. The number of amides is 3. The Hall–Kier alpha value is -3.19. The van der Waals surface area contributed by atoms with Crippen molar-refractivity contribution in [1.82, 2.24) is 24.8 Å². The van der Waals surface area contributed by atoms with Gasteiger partial charge in [-0.2, -0.15) is 4.31 Å². The van der Waals surface area contributed by atoms with Crippen molar-refractivity contribution in [2.24, 2.45) is 23.1 Å². The fraction of sp³-hybridized carbons (Fsp3) is 0.606. The molecule has 2 aromatic rings. The molecule has 0 bridgehead atoms.